The summed E-state index contributed by atoms with van der Waals surface area (Å²) in [4.78, 5) is 31.4. The average Bonchev–Trinajstić information content (AvgIpc) is 3.53. The molecule has 0 atom stereocenters. The number of hydrogen-bond donors (Lipinski definition) is 0. The average molecular weight is 526 g/mol. The Morgan fingerprint density at radius 3 is 2.49 bits per heavy atom. The zero-order chi connectivity index (χ0) is 26.9. The van der Waals surface area contributed by atoms with E-state index in [1.165, 1.54) is 12.5 Å². The molecule has 1 aliphatic heterocycles. The Hall–Kier alpha value is -5.03. The molecule has 5 aromatic rings. The van der Waals surface area contributed by atoms with Gasteiger partial charge in [0.2, 0.25) is 0 Å². The van der Waals surface area contributed by atoms with Crippen LogP contribution in [0, 0.1) is 10.1 Å². The van der Waals surface area contributed by atoms with Crippen LogP contribution < -0.4 is 15.2 Å². The molecule has 0 radical (unpaired) electrons. The third-order valence-electron chi connectivity index (χ3n) is 6.70. The highest BCUT2D eigenvalue weighted by molar-refractivity contribution is 5.95. The maximum absolute atomic E-state index is 13.7. The van der Waals surface area contributed by atoms with Crippen molar-refractivity contribution >= 4 is 22.1 Å². The minimum atomic E-state index is -0.505. The summed E-state index contributed by atoms with van der Waals surface area (Å²) >= 11 is 0. The number of aromatic nitrogens is 3. The van der Waals surface area contributed by atoms with Gasteiger partial charge >= 0.3 is 0 Å². The van der Waals surface area contributed by atoms with E-state index < -0.39 is 10.5 Å². The van der Waals surface area contributed by atoms with Gasteiger partial charge in [-0.3, -0.25) is 14.9 Å². The largest absolute Gasteiger partial charge is 0.497 e. The van der Waals surface area contributed by atoms with Crippen LogP contribution in [0.1, 0.15) is 0 Å². The Balaban J connectivity index is 1.61. The van der Waals surface area contributed by atoms with Crippen LogP contribution in [0.25, 0.3) is 39.0 Å². The first-order chi connectivity index (χ1) is 19.0. The van der Waals surface area contributed by atoms with Gasteiger partial charge in [-0.1, -0.05) is 18.2 Å². The van der Waals surface area contributed by atoms with Crippen molar-refractivity contribution in [3.63, 3.8) is 0 Å². The molecule has 0 saturated carbocycles. The maximum atomic E-state index is 13.7. The van der Waals surface area contributed by atoms with Crippen molar-refractivity contribution in [2.45, 2.75) is 0 Å². The van der Waals surface area contributed by atoms with Gasteiger partial charge in [-0.05, 0) is 36.4 Å². The van der Waals surface area contributed by atoms with E-state index in [1.807, 2.05) is 12.1 Å². The lowest BCUT2D eigenvalue weighted by atomic mass is 10.0. The van der Waals surface area contributed by atoms with Gasteiger partial charge in [-0.25, -0.2) is 4.98 Å². The fraction of sp³-hybridized carbons (Fsp3) is 0.179. The molecule has 0 amide bonds. The number of nitrogens with zero attached hydrogens (tertiary/aromatic N) is 5. The minimum absolute atomic E-state index is 0.0827. The summed E-state index contributed by atoms with van der Waals surface area (Å²) in [5.41, 5.74) is 1.93. The van der Waals surface area contributed by atoms with Gasteiger partial charge in [0.25, 0.3) is 11.2 Å². The Morgan fingerprint density at radius 2 is 1.77 bits per heavy atom. The smallest absolute Gasteiger partial charge is 0.295 e. The molecule has 39 heavy (non-hydrogen) atoms. The van der Waals surface area contributed by atoms with Gasteiger partial charge in [0, 0.05) is 41.4 Å². The van der Waals surface area contributed by atoms with Crippen molar-refractivity contribution < 1.29 is 18.8 Å². The zero-order valence-electron chi connectivity index (χ0n) is 20.9. The number of hydrogen-bond acceptors (Lipinski definition) is 9. The molecule has 0 unspecified atom stereocenters. The predicted octanol–water partition coefficient (Wildman–Crippen LogP) is 4.46. The molecule has 0 spiro atoms. The normalized spacial score (nSPS) is 13.5. The highest BCUT2D eigenvalue weighted by Gasteiger charge is 2.23. The van der Waals surface area contributed by atoms with Crippen molar-refractivity contribution in [1.29, 1.82) is 0 Å². The van der Waals surface area contributed by atoms with E-state index in [-0.39, 0.29) is 11.4 Å². The molecule has 196 valence electrons. The minimum Gasteiger partial charge on any atom is -0.497 e. The topological polar surface area (TPSA) is 126 Å². The van der Waals surface area contributed by atoms with Crippen LogP contribution in [-0.4, -0.2) is 53.1 Å². The number of rotatable bonds is 6. The summed E-state index contributed by atoms with van der Waals surface area (Å²) in [6.45, 7) is 2.37. The molecule has 1 fully saturated rings. The Bertz CT molecular complexity index is 1740. The summed E-state index contributed by atoms with van der Waals surface area (Å²) < 4.78 is 17.6. The number of ether oxygens (including phenoxy) is 2. The molecular formula is C28H23N5O6. The highest BCUT2D eigenvalue weighted by Crippen LogP contribution is 2.34. The van der Waals surface area contributed by atoms with Crippen LogP contribution in [0.4, 0.5) is 11.4 Å². The number of nitro groups is 1. The molecule has 0 N–H and O–H groups in total. The van der Waals surface area contributed by atoms with E-state index >= 15 is 0 Å². The molecule has 1 saturated heterocycles. The lowest BCUT2D eigenvalue weighted by molar-refractivity contribution is -0.384. The molecular weight excluding hydrogens is 502 g/mol. The zero-order valence-corrected chi connectivity index (χ0v) is 20.9. The van der Waals surface area contributed by atoms with Crippen molar-refractivity contribution in [3.05, 3.63) is 93.7 Å². The summed E-state index contributed by atoms with van der Waals surface area (Å²) in [5, 5.41) is 17.8. The molecule has 6 rings (SSSR count). The van der Waals surface area contributed by atoms with Crippen LogP contribution in [0.5, 0.6) is 5.75 Å². The Labute approximate surface area is 222 Å². The van der Waals surface area contributed by atoms with Crippen molar-refractivity contribution in [2.75, 3.05) is 38.3 Å². The van der Waals surface area contributed by atoms with Gasteiger partial charge in [0.05, 0.1) is 42.5 Å². The number of anilines is 1. The molecule has 3 heterocycles. The van der Waals surface area contributed by atoms with E-state index in [0.717, 1.165) is 10.4 Å². The van der Waals surface area contributed by atoms with E-state index in [1.54, 1.807) is 55.8 Å². The van der Waals surface area contributed by atoms with Crippen LogP contribution in [0.15, 0.2) is 82.5 Å². The second-order valence-corrected chi connectivity index (χ2v) is 8.96. The fourth-order valence-electron chi connectivity index (χ4n) is 4.77. The molecule has 0 bridgehead atoms. The van der Waals surface area contributed by atoms with Gasteiger partial charge in [-0.2, -0.15) is 9.78 Å². The highest BCUT2D eigenvalue weighted by atomic mass is 16.6. The second kappa shape index (κ2) is 10.0. The second-order valence-electron chi connectivity index (χ2n) is 8.96. The quantitative estimate of drug-likeness (QED) is 0.233. The number of methoxy groups -OCH3 is 1. The first kappa shape index (κ1) is 24.3. The maximum Gasteiger partial charge on any atom is 0.295 e. The summed E-state index contributed by atoms with van der Waals surface area (Å²) in [7, 11) is 1.55. The van der Waals surface area contributed by atoms with E-state index in [0.29, 0.717) is 65.4 Å². The van der Waals surface area contributed by atoms with Crippen molar-refractivity contribution in [2.24, 2.45) is 0 Å². The molecule has 11 nitrogen and oxygen atoms in total. The van der Waals surface area contributed by atoms with Crippen LogP contribution in [-0.2, 0) is 4.74 Å². The van der Waals surface area contributed by atoms with Gasteiger partial charge in [0.15, 0.2) is 12.2 Å². The summed E-state index contributed by atoms with van der Waals surface area (Å²) in [6, 6.07) is 17.2. The Kier molecular flexibility index (Phi) is 6.25. The molecule has 3 aromatic carbocycles. The van der Waals surface area contributed by atoms with Gasteiger partial charge < -0.3 is 18.8 Å². The lowest BCUT2D eigenvalue weighted by Crippen LogP contribution is -2.36. The standard InChI is InChI=1S/C28H23N5O6/c1-37-21-13-18(26-16-29-17-39-26)12-19(14-21)27-22-4-2-3-5-23(22)28(34)32(30-27)25-15-20(6-7-24(25)33(35)36)31-8-10-38-11-9-31/h2-7,12-17H,8-11H2,1H3. The number of oxazole rings is 1. The van der Waals surface area contributed by atoms with Crippen molar-refractivity contribution in [1.82, 2.24) is 14.8 Å². The van der Waals surface area contributed by atoms with E-state index in [2.05, 4.69) is 9.88 Å². The van der Waals surface area contributed by atoms with E-state index in [9.17, 15) is 14.9 Å². The third kappa shape index (κ3) is 4.48. The summed E-state index contributed by atoms with van der Waals surface area (Å²) in [5.74, 6) is 1.07. The molecule has 0 aliphatic carbocycles. The number of fused-ring (bicyclic) bond motifs is 1. The molecule has 2 aromatic heterocycles. The first-order valence-corrected chi connectivity index (χ1v) is 12.3. The SMILES string of the molecule is COc1cc(-c2cnco2)cc(-c2nn(-c3cc(N4CCOCC4)ccc3[N+](=O)[O-])c(=O)c3ccccc23)c1. The van der Waals surface area contributed by atoms with Gasteiger partial charge in [0.1, 0.15) is 11.4 Å². The Morgan fingerprint density at radius 1 is 1.00 bits per heavy atom. The number of nitro benzene ring substituents is 1. The predicted molar refractivity (Wildman–Crippen MR) is 145 cm³/mol. The monoisotopic (exact) mass is 525 g/mol. The first-order valence-electron chi connectivity index (χ1n) is 12.3. The van der Waals surface area contributed by atoms with Crippen LogP contribution >= 0.6 is 0 Å². The van der Waals surface area contributed by atoms with Crippen molar-refractivity contribution in [3.8, 4) is 34.0 Å². The summed E-state index contributed by atoms with van der Waals surface area (Å²) in [6.07, 6.45) is 2.92. The van der Waals surface area contributed by atoms with E-state index in [4.69, 9.17) is 19.0 Å². The fourth-order valence-corrected chi connectivity index (χ4v) is 4.77. The molecule has 11 heteroatoms. The number of benzene rings is 3. The van der Waals surface area contributed by atoms with Crippen LogP contribution in [0.2, 0.25) is 0 Å². The lowest BCUT2D eigenvalue weighted by Gasteiger charge is -2.29. The number of morpholine rings is 1. The molecule has 1 aliphatic rings. The van der Waals surface area contributed by atoms with Gasteiger partial charge in [-0.15, -0.1) is 0 Å². The third-order valence-corrected chi connectivity index (χ3v) is 6.70. The van der Waals surface area contributed by atoms with Crippen LogP contribution in [0.3, 0.4) is 0 Å².